The molecule has 0 radical (unpaired) electrons. The first-order valence-electron chi connectivity index (χ1n) is 4.64. The van der Waals surface area contributed by atoms with E-state index in [1.165, 1.54) is 6.08 Å². The SMILES string of the molecule is CC(C)COC1C(=O)C=CC=C1C=O. The van der Waals surface area contributed by atoms with Crippen molar-refractivity contribution in [2.45, 2.75) is 20.0 Å². The molecule has 0 aromatic heterocycles. The Balaban J connectivity index is 2.65. The molecular formula is C11H14O3. The first-order chi connectivity index (χ1) is 6.65. The molecule has 0 amide bonds. The normalized spacial score (nSPS) is 21.2. The second-order valence-electron chi connectivity index (χ2n) is 3.65. The fourth-order valence-electron chi connectivity index (χ4n) is 1.16. The van der Waals surface area contributed by atoms with Crippen LogP contribution in [0.25, 0.3) is 0 Å². The van der Waals surface area contributed by atoms with Crippen LogP contribution >= 0.6 is 0 Å². The summed E-state index contributed by atoms with van der Waals surface area (Å²) in [5.41, 5.74) is 0.401. The van der Waals surface area contributed by atoms with E-state index in [1.807, 2.05) is 13.8 Å². The summed E-state index contributed by atoms with van der Waals surface area (Å²) in [7, 11) is 0. The molecule has 0 bridgehead atoms. The fraction of sp³-hybridized carbons (Fsp3) is 0.455. The molecule has 0 aliphatic heterocycles. The summed E-state index contributed by atoms with van der Waals surface area (Å²) >= 11 is 0. The molecule has 1 rings (SSSR count). The van der Waals surface area contributed by atoms with Gasteiger partial charge >= 0.3 is 0 Å². The molecule has 0 heterocycles. The van der Waals surface area contributed by atoms with Gasteiger partial charge < -0.3 is 4.74 Å². The quantitative estimate of drug-likeness (QED) is 0.633. The summed E-state index contributed by atoms with van der Waals surface area (Å²) < 4.78 is 5.36. The predicted octanol–water partition coefficient (Wildman–Crippen LogP) is 1.29. The van der Waals surface area contributed by atoms with Crippen LogP contribution < -0.4 is 0 Å². The average molecular weight is 194 g/mol. The number of rotatable bonds is 4. The Morgan fingerprint density at radius 1 is 1.57 bits per heavy atom. The minimum atomic E-state index is -0.695. The Kier molecular flexibility index (Phi) is 3.77. The number of allylic oxidation sites excluding steroid dienone is 2. The van der Waals surface area contributed by atoms with Crippen LogP contribution in [0.1, 0.15) is 13.8 Å². The molecule has 1 aliphatic rings. The maximum Gasteiger partial charge on any atom is 0.189 e. The van der Waals surface area contributed by atoms with Crippen LogP contribution in [-0.2, 0) is 14.3 Å². The summed E-state index contributed by atoms with van der Waals surface area (Å²) in [4.78, 5) is 22.0. The lowest BCUT2D eigenvalue weighted by Gasteiger charge is -2.18. The molecule has 76 valence electrons. The van der Waals surface area contributed by atoms with Gasteiger partial charge in [0, 0.05) is 5.57 Å². The topological polar surface area (TPSA) is 43.4 Å². The van der Waals surface area contributed by atoms with Gasteiger partial charge in [-0.25, -0.2) is 0 Å². The molecule has 0 N–H and O–H groups in total. The van der Waals surface area contributed by atoms with Gasteiger partial charge in [0.05, 0.1) is 6.61 Å². The molecule has 0 fully saturated rings. The molecule has 1 aliphatic carbocycles. The lowest BCUT2D eigenvalue weighted by Crippen LogP contribution is -2.29. The molecule has 0 aromatic carbocycles. The standard InChI is InChI=1S/C11H14O3/c1-8(2)7-14-11-9(6-12)4-3-5-10(11)13/h3-6,8,11H,7H2,1-2H3. The van der Waals surface area contributed by atoms with E-state index in [9.17, 15) is 9.59 Å². The van der Waals surface area contributed by atoms with E-state index in [0.717, 1.165) is 0 Å². The van der Waals surface area contributed by atoms with Gasteiger partial charge in [-0.15, -0.1) is 0 Å². The van der Waals surface area contributed by atoms with Crippen LogP contribution in [-0.4, -0.2) is 24.8 Å². The second-order valence-corrected chi connectivity index (χ2v) is 3.65. The summed E-state index contributed by atoms with van der Waals surface area (Å²) in [6, 6.07) is 0. The third kappa shape index (κ3) is 2.64. The van der Waals surface area contributed by atoms with Crippen LogP contribution in [0.5, 0.6) is 0 Å². The molecule has 14 heavy (non-hydrogen) atoms. The lowest BCUT2D eigenvalue weighted by molar-refractivity contribution is -0.125. The lowest BCUT2D eigenvalue weighted by atomic mass is 10.0. The van der Waals surface area contributed by atoms with Gasteiger partial charge in [0.2, 0.25) is 0 Å². The van der Waals surface area contributed by atoms with Crippen molar-refractivity contribution >= 4 is 12.1 Å². The number of carbonyl (C=O) groups is 2. The molecule has 0 saturated carbocycles. The molecule has 0 spiro atoms. The predicted molar refractivity (Wildman–Crippen MR) is 52.9 cm³/mol. The Morgan fingerprint density at radius 3 is 2.86 bits per heavy atom. The van der Waals surface area contributed by atoms with Gasteiger partial charge in [-0.2, -0.15) is 0 Å². The van der Waals surface area contributed by atoms with E-state index in [0.29, 0.717) is 24.4 Å². The van der Waals surface area contributed by atoms with Crippen LogP contribution in [0.15, 0.2) is 23.8 Å². The van der Waals surface area contributed by atoms with E-state index >= 15 is 0 Å². The van der Waals surface area contributed by atoms with E-state index < -0.39 is 6.10 Å². The maximum atomic E-state index is 11.4. The highest BCUT2D eigenvalue weighted by Crippen LogP contribution is 2.13. The summed E-state index contributed by atoms with van der Waals surface area (Å²) in [6.45, 7) is 4.47. The molecule has 3 nitrogen and oxygen atoms in total. The van der Waals surface area contributed by atoms with Crippen molar-refractivity contribution < 1.29 is 14.3 Å². The van der Waals surface area contributed by atoms with Crippen molar-refractivity contribution in [3.05, 3.63) is 23.8 Å². The number of hydrogen-bond acceptors (Lipinski definition) is 3. The van der Waals surface area contributed by atoms with E-state index in [1.54, 1.807) is 12.2 Å². The zero-order valence-corrected chi connectivity index (χ0v) is 8.40. The third-order valence-corrected chi connectivity index (χ3v) is 1.84. The van der Waals surface area contributed by atoms with Gasteiger partial charge in [-0.05, 0) is 12.0 Å². The minimum absolute atomic E-state index is 0.157. The smallest absolute Gasteiger partial charge is 0.189 e. The van der Waals surface area contributed by atoms with Crippen LogP contribution in [0.4, 0.5) is 0 Å². The Hall–Kier alpha value is -1.22. The largest absolute Gasteiger partial charge is 0.365 e. The van der Waals surface area contributed by atoms with E-state index in [2.05, 4.69) is 0 Å². The molecule has 1 unspecified atom stereocenters. The van der Waals surface area contributed by atoms with Gasteiger partial charge in [0.15, 0.2) is 5.78 Å². The van der Waals surface area contributed by atoms with Crippen molar-refractivity contribution in [2.24, 2.45) is 5.92 Å². The van der Waals surface area contributed by atoms with Crippen molar-refractivity contribution in [3.63, 3.8) is 0 Å². The highest BCUT2D eigenvalue weighted by molar-refractivity contribution is 6.02. The summed E-state index contributed by atoms with van der Waals surface area (Å²) in [6.07, 6.45) is 4.59. The average Bonchev–Trinajstić information content (AvgIpc) is 2.15. The number of ketones is 1. The van der Waals surface area contributed by atoms with Crippen LogP contribution in [0, 0.1) is 5.92 Å². The monoisotopic (exact) mass is 194 g/mol. The van der Waals surface area contributed by atoms with Crippen molar-refractivity contribution in [3.8, 4) is 0 Å². The van der Waals surface area contributed by atoms with Gasteiger partial charge in [-0.3, -0.25) is 9.59 Å². The highest BCUT2D eigenvalue weighted by Gasteiger charge is 2.23. The first-order valence-corrected chi connectivity index (χ1v) is 4.64. The second kappa shape index (κ2) is 4.86. The van der Waals surface area contributed by atoms with Gasteiger partial charge in [0.1, 0.15) is 12.4 Å². The molecule has 0 saturated heterocycles. The Bertz CT molecular complexity index is 287. The number of hydrogen-bond donors (Lipinski definition) is 0. The maximum absolute atomic E-state index is 11.4. The van der Waals surface area contributed by atoms with Crippen LogP contribution in [0.2, 0.25) is 0 Å². The van der Waals surface area contributed by atoms with Crippen molar-refractivity contribution in [1.82, 2.24) is 0 Å². The summed E-state index contributed by atoms with van der Waals surface area (Å²) in [5, 5.41) is 0. The molecule has 1 atom stereocenters. The molecular weight excluding hydrogens is 180 g/mol. The first kappa shape index (κ1) is 10.9. The number of carbonyl (C=O) groups excluding carboxylic acids is 2. The van der Waals surface area contributed by atoms with E-state index in [-0.39, 0.29) is 5.78 Å². The summed E-state index contributed by atoms with van der Waals surface area (Å²) in [5.74, 6) is 0.192. The number of aldehydes is 1. The molecule has 0 aromatic rings. The highest BCUT2D eigenvalue weighted by atomic mass is 16.5. The Morgan fingerprint density at radius 2 is 2.29 bits per heavy atom. The Labute approximate surface area is 83.4 Å². The van der Waals surface area contributed by atoms with Crippen molar-refractivity contribution in [1.29, 1.82) is 0 Å². The van der Waals surface area contributed by atoms with Gasteiger partial charge in [0.25, 0.3) is 0 Å². The third-order valence-electron chi connectivity index (χ3n) is 1.84. The molecule has 3 heteroatoms. The van der Waals surface area contributed by atoms with Gasteiger partial charge in [-0.1, -0.05) is 26.0 Å². The zero-order chi connectivity index (χ0) is 10.6. The van der Waals surface area contributed by atoms with Crippen molar-refractivity contribution in [2.75, 3.05) is 6.61 Å². The van der Waals surface area contributed by atoms with E-state index in [4.69, 9.17) is 4.74 Å². The van der Waals surface area contributed by atoms with Crippen LogP contribution in [0.3, 0.4) is 0 Å². The number of ether oxygens (including phenoxy) is 1. The zero-order valence-electron chi connectivity index (χ0n) is 8.40. The minimum Gasteiger partial charge on any atom is -0.365 e. The fourth-order valence-corrected chi connectivity index (χ4v) is 1.16.